The highest BCUT2D eigenvalue weighted by Gasteiger charge is 2.06. The number of hydrogen-bond acceptors (Lipinski definition) is 4. The van der Waals surface area contributed by atoms with Crippen molar-refractivity contribution in [3.63, 3.8) is 0 Å². The van der Waals surface area contributed by atoms with Crippen LogP contribution in [0.25, 0.3) is 11.3 Å². The molecule has 3 aromatic rings. The average Bonchev–Trinajstić information content (AvgIpc) is 3.02. The predicted molar refractivity (Wildman–Crippen MR) is 91.2 cm³/mol. The Morgan fingerprint density at radius 3 is 2.52 bits per heavy atom. The Labute approximate surface area is 135 Å². The highest BCUT2D eigenvalue weighted by Crippen LogP contribution is 2.19. The molecule has 23 heavy (non-hydrogen) atoms. The molecule has 0 aliphatic heterocycles. The van der Waals surface area contributed by atoms with E-state index in [1.165, 1.54) is 5.56 Å². The zero-order valence-electron chi connectivity index (χ0n) is 13.1. The van der Waals surface area contributed by atoms with E-state index in [9.17, 15) is 0 Å². The lowest BCUT2D eigenvalue weighted by Gasteiger charge is -2.08. The summed E-state index contributed by atoms with van der Waals surface area (Å²) in [5.41, 5.74) is 9.75. The molecule has 1 heterocycles. The fourth-order valence-electron chi connectivity index (χ4n) is 2.34. The zero-order chi connectivity index (χ0) is 16.1. The molecule has 0 fully saturated rings. The summed E-state index contributed by atoms with van der Waals surface area (Å²) >= 11 is 0. The van der Waals surface area contributed by atoms with E-state index in [2.05, 4.69) is 17.2 Å². The van der Waals surface area contributed by atoms with Gasteiger partial charge in [-0.2, -0.15) is 0 Å². The van der Waals surface area contributed by atoms with Gasteiger partial charge in [0.2, 0.25) is 0 Å². The Balaban J connectivity index is 1.56. The number of aryl methyl sites for hydroxylation is 2. The normalized spacial score (nSPS) is 10.7. The Hall–Kier alpha value is -2.82. The molecule has 3 rings (SSSR count). The van der Waals surface area contributed by atoms with E-state index in [-0.39, 0.29) is 0 Å². The van der Waals surface area contributed by atoms with Crippen LogP contribution in [0.1, 0.15) is 12.0 Å². The summed E-state index contributed by atoms with van der Waals surface area (Å²) in [6.07, 6.45) is 2.63. The summed E-state index contributed by atoms with van der Waals surface area (Å²) in [4.78, 5) is 0. The fourth-order valence-corrected chi connectivity index (χ4v) is 2.34. The molecular formula is C18H20N4O. The van der Waals surface area contributed by atoms with Crippen LogP contribution in [0, 0.1) is 6.92 Å². The summed E-state index contributed by atoms with van der Waals surface area (Å²) in [7, 11) is 0. The molecule has 1 aromatic heterocycles. The number of anilines is 1. The number of nitrogens with two attached hydrogens (primary N) is 1. The summed E-state index contributed by atoms with van der Waals surface area (Å²) in [5.74, 6) is 0.896. The number of aromatic nitrogens is 3. The standard InChI is InChI=1S/C18H20N4O/c1-14-3-9-17(10-4-14)23-12-2-11-22-18(13-20-21-22)15-5-7-16(19)8-6-15/h3-10,13H,2,11-12,19H2,1H3. The van der Waals surface area contributed by atoms with Crippen molar-refractivity contribution in [2.24, 2.45) is 0 Å². The van der Waals surface area contributed by atoms with Gasteiger partial charge in [0.25, 0.3) is 0 Å². The summed E-state index contributed by atoms with van der Waals surface area (Å²) < 4.78 is 7.64. The number of benzene rings is 2. The molecule has 0 amide bonds. The third-order valence-electron chi connectivity index (χ3n) is 3.63. The third-order valence-corrected chi connectivity index (χ3v) is 3.63. The first kappa shape index (κ1) is 15.1. The van der Waals surface area contributed by atoms with Gasteiger partial charge in [0, 0.05) is 24.2 Å². The molecule has 2 N–H and O–H groups in total. The number of nitrogen functional groups attached to an aromatic ring is 1. The monoisotopic (exact) mass is 308 g/mol. The molecule has 0 aliphatic carbocycles. The highest BCUT2D eigenvalue weighted by molar-refractivity contribution is 5.61. The summed E-state index contributed by atoms with van der Waals surface area (Å²) in [5, 5.41) is 8.16. The van der Waals surface area contributed by atoms with Crippen LogP contribution in [0.4, 0.5) is 5.69 Å². The SMILES string of the molecule is Cc1ccc(OCCCn2nncc2-c2ccc(N)cc2)cc1. The Kier molecular flexibility index (Phi) is 4.57. The maximum absolute atomic E-state index is 5.74. The topological polar surface area (TPSA) is 66.0 Å². The van der Waals surface area contributed by atoms with E-state index in [0.29, 0.717) is 6.61 Å². The van der Waals surface area contributed by atoms with E-state index in [1.807, 2.05) is 53.2 Å². The van der Waals surface area contributed by atoms with Crippen molar-refractivity contribution in [3.05, 3.63) is 60.3 Å². The van der Waals surface area contributed by atoms with Gasteiger partial charge in [-0.15, -0.1) is 5.10 Å². The highest BCUT2D eigenvalue weighted by atomic mass is 16.5. The molecule has 118 valence electrons. The minimum atomic E-state index is 0.643. The van der Waals surface area contributed by atoms with Crippen molar-refractivity contribution < 1.29 is 4.74 Å². The summed E-state index contributed by atoms with van der Waals surface area (Å²) in [6.45, 7) is 3.46. The molecular weight excluding hydrogens is 288 g/mol. The van der Waals surface area contributed by atoms with Gasteiger partial charge in [-0.3, -0.25) is 0 Å². The van der Waals surface area contributed by atoms with Crippen LogP contribution in [0.2, 0.25) is 0 Å². The van der Waals surface area contributed by atoms with Gasteiger partial charge < -0.3 is 10.5 Å². The minimum absolute atomic E-state index is 0.643. The number of hydrogen-bond donors (Lipinski definition) is 1. The van der Waals surface area contributed by atoms with E-state index < -0.39 is 0 Å². The fraction of sp³-hybridized carbons (Fsp3) is 0.222. The van der Waals surface area contributed by atoms with Gasteiger partial charge in [-0.25, -0.2) is 4.68 Å². The zero-order valence-corrected chi connectivity index (χ0v) is 13.1. The van der Waals surface area contributed by atoms with Gasteiger partial charge in [0.1, 0.15) is 5.75 Å². The Morgan fingerprint density at radius 1 is 1.04 bits per heavy atom. The molecule has 0 spiro atoms. The molecule has 2 aromatic carbocycles. The lowest BCUT2D eigenvalue weighted by atomic mass is 10.1. The number of rotatable bonds is 6. The van der Waals surface area contributed by atoms with E-state index in [4.69, 9.17) is 10.5 Å². The van der Waals surface area contributed by atoms with Gasteiger partial charge in [-0.05, 0) is 31.2 Å². The van der Waals surface area contributed by atoms with Crippen LogP contribution in [0.15, 0.2) is 54.7 Å². The Morgan fingerprint density at radius 2 is 1.78 bits per heavy atom. The van der Waals surface area contributed by atoms with Crippen LogP contribution in [0.5, 0.6) is 5.75 Å². The molecule has 0 saturated carbocycles. The second kappa shape index (κ2) is 6.96. The van der Waals surface area contributed by atoms with Gasteiger partial charge in [0.05, 0.1) is 18.5 Å². The maximum Gasteiger partial charge on any atom is 0.119 e. The molecule has 0 atom stereocenters. The largest absolute Gasteiger partial charge is 0.494 e. The molecule has 5 heteroatoms. The third kappa shape index (κ3) is 3.88. The molecule has 0 saturated heterocycles. The van der Waals surface area contributed by atoms with E-state index in [1.54, 1.807) is 6.20 Å². The first-order valence-electron chi connectivity index (χ1n) is 7.66. The first-order chi connectivity index (χ1) is 11.2. The molecule has 0 unspecified atom stereocenters. The van der Waals surface area contributed by atoms with Gasteiger partial charge >= 0.3 is 0 Å². The second-order valence-electron chi connectivity index (χ2n) is 5.48. The number of nitrogens with zero attached hydrogens (tertiary/aromatic N) is 3. The molecule has 0 aliphatic rings. The average molecular weight is 308 g/mol. The van der Waals surface area contributed by atoms with E-state index in [0.717, 1.165) is 35.7 Å². The molecule has 5 nitrogen and oxygen atoms in total. The van der Waals surface area contributed by atoms with Crippen LogP contribution in [-0.4, -0.2) is 21.6 Å². The van der Waals surface area contributed by atoms with Crippen molar-refractivity contribution >= 4 is 5.69 Å². The van der Waals surface area contributed by atoms with E-state index >= 15 is 0 Å². The predicted octanol–water partition coefficient (Wildman–Crippen LogP) is 3.30. The maximum atomic E-state index is 5.74. The first-order valence-corrected chi connectivity index (χ1v) is 7.66. The van der Waals surface area contributed by atoms with Crippen LogP contribution < -0.4 is 10.5 Å². The molecule has 0 bridgehead atoms. The van der Waals surface area contributed by atoms with Crippen molar-refractivity contribution in [1.29, 1.82) is 0 Å². The van der Waals surface area contributed by atoms with Crippen LogP contribution >= 0.6 is 0 Å². The van der Waals surface area contributed by atoms with Gasteiger partial charge in [-0.1, -0.05) is 35.0 Å². The number of ether oxygens (including phenoxy) is 1. The van der Waals surface area contributed by atoms with Crippen LogP contribution in [-0.2, 0) is 6.54 Å². The summed E-state index contributed by atoms with van der Waals surface area (Å²) in [6, 6.07) is 15.8. The van der Waals surface area contributed by atoms with Crippen LogP contribution in [0.3, 0.4) is 0 Å². The Bertz CT molecular complexity index is 747. The molecule has 0 radical (unpaired) electrons. The van der Waals surface area contributed by atoms with Crippen molar-refractivity contribution in [1.82, 2.24) is 15.0 Å². The van der Waals surface area contributed by atoms with Gasteiger partial charge in [0.15, 0.2) is 0 Å². The minimum Gasteiger partial charge on any atom is -0.494 e. The van der Waals surface area contributed by atoms with Crippen molar-refractivity contribution in [2.75, 3.05) is 12.3 Å². The second-order valence-corrected chi connectivity index (χ2v) is 5.48. The van der Waals surface area contributed by atoms with Crippen molar-refractivity contribution in [3.8, 4) is 17.0 Å². The quantitative estimate of drug-likeness (QED) is 0.560. The van der Waals surface area contributed by atoms with Crippen molar-refractivity contribution in [2.45, 2.75) is 19.9 Å². The lowest BCUT2D eigenvalue weighted by molar-refractivity contribution is 0.298. The lowest BCUT2D eigenvalue weighted by Crippen LogP contribution is -2.07. The smallest absolute Gasteiger partial charge is 0.119 e.